The van der Waals surface area contributed by atoms with Crippen LogP contribution in [-0.2, 0) is 18.9 Å². The minimum atomic E-state index is -3.43. The summed E-state index contributed by atoms with van der Waals surface area (Å²) in [5, 5.41) is 166. The van der Waals surface area contributed by atoms with Crippen LogP contribution >= 0.6 is 47.0 Å². The van der Waals surface area contributed by atoms with Crippen molar-refractivity contribution in [3.8, 4) is 0 Å². The molecule has 48 heteroatoms. The molecule has 8 saturated carbocycles. The van der Waals surface area contributed by atoms with Gasteiger partial charge in [0.15, 0.2) is 88.6 Å². The lowest BCUT2D eigenvalue weighted by Gasteiger charge is -2.17. The number of aryl methyl sites for hydroxylation is 4. The molecule has 0 radical (unpaired) electrons. The Morgan fingerprint density at radius 1 is 0.354 bits per heavy atom. The first kappa shape index (κ1) is 75.2. The first-order chi connectivity index (χ1) is 79.7. The molecule has 12 aromatic rings. The Labute approximate surface area is 883 Å². The number of aliphatic hydroxyl groups excluding tert-OH is 10. The molecule has 8 aliphatic carbocycles. The number of anilines is 4. The predicted molar refractivity (Wildman–Crippen MR) is 530 cm³/mol. The second-order valence-electron chi connectivity index (χ2n) is 34.2. The summed E-state index contributed by atoms with van der Waals surface area (Å²) < 4.78 is 313. The second-order valence-corrected chi connectivity index (χ2v) is 37.7. The third kappa shape index (κ3) is 23.8. The number of hydrogen-bond donors (Lipinski definition) is 16. The van der Waals surface area contributed by atoms with Crippen LogP contribution in [0.2, 0.25) is 0 Å². The van der Waals surface area contributed by atoms with Gasteiger partial charge in [0.2, 0.25) is 0 Å². The number of aromatic nitrogens is 20. The van der Waals surface area contributed by atoms with Crippen LogP contribution in [0.5, 0.6) is 0 Å². The van der Waals surface area contributed by atoms with Gasteiger partial charge in [0, 0.05) is 118 Å². The first-order valence-corrected chi connectivity index (χ1v) is 49.1. The summed E-state index contributed by atoms with van der Waals surface area (Å²) in [5.41, 5.74) is -4.90. The Balaban J connectivity index is 0.000000152. The minimum Gasteiger partial charge on any atom is -0.394 e. The summed E-state index contributed by atoms with van der Waals surface area (Å²) in [6, 6.07) is 4.81. The molecule has 8 aromatic heterocycles. The van der Waals surface area contributed by atoms with Crippen LogP contribution in [0.15, 0.2) is 93.4 Å². The van der Waals surface area contributed by atoms with Gasteiger partial charge >= 0.3 is 0 Å². The summed E-state index contributed by atoms with van der Waals surface area (Å²) in [6.07, 6.45) is -25.4. The van der Waals surface area contributed by atoms with Crippen LogP contribution in [0.3, 0.4) is 0 Å². The predicted octanol–water partition coefficient (Wildman–Crippen LogP) is 8.73. The number of rotatable bonds is 40. The number of thioether (sulfide) groups is 4. The number of nitrogens with one attached hydrogen (secondary N) is 4. The Bertz CT molecular complexity index is 7920. The number of nitrogens with zero attached hydrogens (tertiary/aromatic N) is 20. The third-order valence-corrected chi connectivity index (χ3v) is 27.8. The number of aliphatic hydroxyl groups is 12. The summed E-state index contributed by atoms with van der Waals surface area (Å²) in [5.74, 6) is -7.08. The van der Waals surface area contributed by atoms with Crippen LogP contribution in [0, 0.1) is 51.0 Å². The number of ether oxygens (including phenoxy) is 4. The van der Waals surface area contributed by atoms with Gasteiger partial charge in [0.1, 0.15) is 72.1 Å². The molecule has 0 saturated heterocycles. The lowest BCUT2D eigenvalue weighted by Crippen LogP contribution is -2.33. The average Bonchev–Trinajstić information content (AvgIpc) is 1.52. The molecule has 8 aliphatic rings. The highest BCUT2D eigenvalue weighted by Crippen LogP contribution is 2.50. The zero-order chi connectivity index (χ0) is 127. The summed E-state index contributed by atoms with van der Waals surface area (Å²) in [7, 11) is 0. The Morgan fingerprint density at radius 2 is 0.611 bits per heavy atom. The van der Waals surface area contributed by atoms with Crippen LogP contribution in [-0.4, -0.2) is 334 Å². The van der Waals surface area contributed by atoms with E-state index in [0.717, 1.165) is 27.2 Å². The topological polar surface area (TPSA) is 554 Å². The Morgan fingerprint density at radius 3 is 0.847 bits per heavy atom. The van der Waals surface area contributed by atoms with Crippen LogP contribution in [0.4, 0.5) is 40.8 Å². The fourth-order valence-corrected chi connectivity index (χ4v) is 18.9. The average molecular weight is 2100 g/mol. The van der Waals surface area contributed by atoms with Gasteiger partial charge < -0.3 is 101 Å². The van der Waals surface area contributed by atoms with Crippen LogP contribution in [0.1, 0.15) is 235 Å². The van der Waals surface area contributed by atoms with Crippen molar-refractivity contribution in [1.82, 2.24) is 99.8 Å². The lowest BCUT2D eigenvalue weighted by molar-refractivity contribution is -0.0629. The van der Waals surface area contributed by atoms with E-state index in [2.05, 4.69) is 102 Å². The number of hydrogen-bond acceptors (Lipinski definition) is 40. The van der Waals surface area contributed by atoms with Crippen molar-refractivity contribution in [3.63, 3.8) is 0 Å². The Hall–Kier alpha value is -9.52. The molecule has 40 nitrogen and oxygen atoms in total. The molecule has 4 aromatic carbocycles. The highest BCUT2D eigenvalue weighted by molar-refractivity contribution is 7.99. The van der Waals surface area contributed by atoms with E-state index in [4.69, 9.17) is 62.4 Å². The van der Waals surface area contributed by atoms with E-state index < -0.39 is 256 Å². The van der Waals surface area contributed by atoms with E-state index in [0.29, 0.717) is 63.1 Å². The van der Waals surface area contributed by atoms with E-state index in [-0.39, 0.29) is 170 Å². The quantitative estimate of drug-likeness (QED) is 0.00969. The molecule has 0 amide bonds. The van der Waals surface area contributed by atoms with Gasteiger partial charge in [-0.05, 0) is 148 Å². The van der Waals surface area contributed by atoms with Gasteiger partial charge in [-0.15, -0.1) is 20.4 Å². The number of halogens is 4. The fourth-order valence-electron chi connectivity index (χ4n) is 16.8. The fraction of sp³-hybridized carbons (Fsp3) is 0.583. The zero-order valence-electron chi connectivity index (χ0n) is 106. The van der Waals surface area contributed by atoms with Gasteiger partial charge in [-0.2, -0.15) is 0 Å². The SMILES string of the molecule is [2H]C([2H])(CC)Sc1nc(N[C@@]2([2H])[C@H](c3ccc(C)c(F)c3)C2([2H])[2H])c2nnn([C@@H]3C[C@H](OC([2H])([2H])C([2H])([2H])O)[C@@H](O)[C@H]3O)c2n1.[2H]C([2H])(CC)Sc1nc(N[C@@]2([2H])[C@H](c3ccc(C)c(F)c3)C2([2H])[2H])c2nnn([C@@H]3C[C@H](OCCO)[C@@H](O)[C@H]3O)c2n1.[2H]C([2H])(CO)O[C@H]1C[C@@H](n2nnc3c(N[C@@]4([2H])[C@H](c5ccc(C)c(F)c5)C4([2H])[2H])nc(SC([2H])([2H])CC)nc32)[C@H](O)[C@@H]1O.[2H]C([2H])(O)CO[C@H]1C[C@@H](n2nnc3c(N[C@@]4([2H])[C@H](c5ccc(C)c(F)c5)C4([2H])[2H])nc(SC([2H])([2H])CC)nc32)[C@H](O)[C@@H]1O. The van der Waals surface area contributed by atoms with Crippen molar-refractivity contribution in [2.45, 2.75) is 298 Å². The zero-order valence-corrected chi connectivity index (χ0v) is 81.3. The highest BCUT2D eigenvalue weighted by Gasteiger charge is 2.51. The van der Waals surface area contributed by atoms with Crippen molar-refractivity contribution in [3.05, 3.63) is 141 Å². The van der Waals surface area contributed by atoms with Gasteiger partial charge in [-0.1, -0.05) is 144 Å². The normalized spacial score (nSPS) is 34.7. The van der Waals surface area contributed by atoms with Gasteiger partial charge in [0.05, 0.1) is 118 Å². The van der Waals surface area contributed by atoms with E-state index in [9.17, 15) is 73.7 Å². The van der Waals surface area contributed by atoms with E-state index >= 15 is 0 Å². The maximum absolute atomic E-state index is 14.4. The molecule has 8 fully saturated rings. The molecule has 20 rings (SSSR count). The molecule has 0 bridgehead atoms. The highest BCUT2D eigenvalue weighted by atomic mass is 32.2. The number of fused-ring (bicyclic) bond motifs is 4. The van der Waals surface area contributed by atoms with Crippen LogP contribution < -0.4 is 21.3 Å². The second kappa shape index (κ2) is 47.3. The molecular weight excluding hydrogens is 1950 g/mol. The van der Waals surface area contributed by atoms with Crippen molar-refractivity contribution < 1.29 is 136 Å². The molecule has 0 aliphatic heterocycles. The monoisotopic (exact) mass is 2100 g/mol. The van der Waals surface area contributed by atoms with Crippen LogP contribution in [0.25, 0.3) is 44.7 Å². The molecule has 776 valence electrons. The lowest BCUT2D eigenvalue weighted by atomic mass is 10.1. The smallest absolute Gasteiger partial charge is 0.191 e. The van der Waals surface area contributed by atoms with Crippen molar-refractivity contribution in [2.24, 2.45) is 0 Å². The standard InChI is InChI=1S/4C24H31FN6O4S/c4*1-3-8-36-24-27-22(26-16-10-14(16)13-5-4-12(2)15(25)9-13)19-23(28-24)31(30-29-19)17-11-18(35-7-6-32)21(34)20(17)33/h4*4-5,9,14,16-18,20-21,32-34H,3,6-8,10-11H2,1-2H3,(H,26,27,28)/t4*14-,16+,17+,18-,20-,21+/m0000/s1/i6D2,7D2,8D2,10D2,16D;7D2,8D2,10D2,16D;6D2,8D2,10D2,16D;8D2,10D2,16D. The van der Waals surface area contributed by atoms with Gasteiger partial charge in [-0.3, -0.25) is 0 Å². The van der Waals surface area contributed by atoms with E-state index in [1.165, 1.54) is 57.9 Å². The molecule has 0 unspecified atom stereocenters. The maximum atomic E-state index is 14.4. The van der Waals surface area contributed by atoms with E-state index in [1.54, 1.807) is 73.6 Å². The van der Waals surface area contributed by atoms with Gasteiger partial charge in [0.25, 0.3) is 0 Å². The van der Waals surface area contributed by atoms with Crippen molar-refractivity contribution in [1.29, 1.82) is 0 Å². The first-order valence-electron chi connectivity index (χ1n) is 59.8. The molecule has 0 spiro atoms. The van der Waals surface area contributed by atoms with Crippen molar-refractivity contribution >= 4 is 115 Å². The summed E-state index contributed by atoms with van der Waals surface area (Å²) in [6.45, 7) is -1.09. The molecule has 8 heterocycles. The molecular formula is C96H124F4N24O16S4. The number of benzene rings is 4. The third-order valence-electron chi connectivity index (χ3n) is 24.6. The maximum Gasteiger partial charge on any atom is 0.191 e. The molecule has 16 N–H and O–H groups in total. The van der Waals surface area contributed by atoms with Crippen molar-refractivity contribution in [2.75, 3.05) is 96.8 Å². The molecule has 24 atom stereocenters. The van der Waals surface area contributed by atoms with E-state index in [1.807, 2.05) is 0 Å². The minimum absolute atomic E-state index is 0.0102. The summed E-state index contributed by atoms with van der Waals surface area (Å²) in [4.78, 5) is 35.0. The Kier molecular flexibility index (Phi) is 24.7. The van der Waals surface area contributed by atoms with Gasteiger partial charge in [-0.25, -0.2) is 76.2 Å². The molecule has 144 heavy (non-hydrogen) atoms. The largest absolute Gasteiger partial charge is 0.394 e. The summed E-state index contributed by atoms with van der Waals surface area (Å²) >= 11 is 2.71.